The summed E-state index contributed by atoms with van der Waals surface area (Å²) < 4.78 is 1.01. The third kappa shape index (κ3) is 4.10. The van der Waals surface area contributed by atoms with Crippen LogP contribution >= 0.6 is 15.9 Å². The van der Waals surface area contributed by atoms with Gasteiger partial charge in [0.1, 0.15) is 0 Å². The van der Waals surface area contributed by atoms with Gasteiger partial charge in [0.2, 0.25) is 5.91 Å². The molecule has 0 aromatic heterocycles. The Kier molecular flexibility index (Phi) is 4.58. The lowest BCUT2D eigenvalue weighted by Gasteiger charge is -2.10. The molecule has 2 rings (SSSR count). The number of carbonyl (C=O) groups is 1. The molecule has 4 heteroatoms. The maximum absolute atomic E-state index is 11.8. The highest BCUT2D eigenvalue weighted by molar-refractivity contribution is 9.10. The van der Waals surface area contributed by atoms with Crippen molar-refractivity contribution in [3.8, 4) is 0 Å². The molecule has 0 aliphatic carbocycles. The summed E-state index contributed by atoms with van der Waals surface area (Å²) >= 11 is 3.40. The van der Waals surface area contributed by atoms with Crippen LogP contribution in [0.2, 0.25) is 0 Å². The summed E-state index contributed by atoms with van der Waals surface area (Å²) in [6.07, 6.45) is 0. The number of aryl methyl sites for hydroxylation is 1. The maximum Gasteiger partial charge on any atom is 0.243 e. The summed E-state index contributed by atoms with van der Waals surface area (Å²) in [5, 5.41) is 5.96. The summed E-state index contributed by atoms with van der Waals surface area (Å²) in [6.45, 7) is 2.21. The fraction of sp³-hybridized carbons (Fsp3) is 0.133. The zero-order valence-electron chi connectivity index (χ0n) is 10.6. The van der Waals surface area contributed by atoms with Crippen molar-refractivity contribution in [3.63, 3.8) is 0 Å². The average molecular weight is 319 g/mol. The molecule has 0 aliphatic heterocycles. The molecular formula is C15H15BrN2O. The van der Waals surface area contributed by atoms with E-state index in [-0.39, 0.29) is 12.5 Å². The van der Waals surface area contributed by atoms with Gasteiger partial charge in [-0.15, -0.1) is 0 Å². The molecule has 98 valence electrons. The highest BCUT2D eigenvalue weighted by Gasteiger charge is 2.04. The monoisotopic (exact) mass is 318 g/mol. The zero-order valence-corrected chi connectivity index (χ0v) is 12.2. The molecule has 2 aromatic carbocycles. The molecule has 0 radical (unpaired) electrons. The lowest BCUT2D eigenvalue weighted by molar-refractivity contribution is -0.114. The number of amides is 1. The lowest BCUT2D eigenvalue weighted by atomic mass is 10.2. The molecule has 0 bridgehead atoms. The molecule has 1 amide bonds. The molecule has 0 fully saturated rings. The first-order valence-corrected chi connectivity index (χ1v) is 6.79. The van der Waals surface area contributed by atoms with Crippen molar-refractivity contribution in [1.29, 1.82) is 0 Å². The third-order valence-electron chi connectivity index (χ3n) is 2.69. The van der Waals surface area contributed by atoms with Gasteiger partial charge in [-0.1, -0.05) is 34.1 Å². The highest BCUT2D eigenvalue weighted by atomic mass is 79.9. The Balaban J connectivity index is 1.91. The van der Waals surface area contributed by atoms with Crippen LogP contribution in [0, 0.1) is 6.92 Å². The second-order valence-electron chi connectivity index (χ2n) is 4.23. The molecular weight excluding hydrogens is 304 g/mol. The highest BCUT2D eigenvalue weighted by Crippen LogP contribution is 2.19. The molecule has 19 heavy (non-hydrogen) atoms. The molecule has 2 aromatic rings. The molecule has 0 saturated heterocycles. The average Bonchev–Trinajstić information content (AvgIpc) is 2.41. The SMILES string of the molecule is Cc1cc(Br)ccc1NC(=O)CNc1ccccc1. The van der Waals surface area contributed by atoms with Gasteiger partial charge in [-0.2, -0.15) is 0 Å². The van der Waals surface area contributed by atoms with Crippen LogP contribution in [0.25, 0.3) is 0 Å². The molecule has 0 heterocycles. The van der Waals surface area contributed by atoms with Crippen LogP contribution in [-0.2, 0) is 4.79 Å². The second kappa shape index (κ2) is 6.38. The number of hydrogen-bond donors (Lipinski definition) is 2. The number of carbonyl (C=O) groups excluding carboxylic acids is 1. The van der Waals surface area contributed by atoms with Gasteiger partial charge in [0, 0.05) is 15.8 Å². The molecule has 0 spiro atoms. The minimum atomic E-state index is -0.0609. The predicted octanol–water partition coefficient (Wildman–Crippen LogP) is 3.81. The minimum absolute atomic E-state index is 0.0609. The van der Waals surface area contributed by atoms with E-state index in [1.165, 1.54) is 0 Å². The minimum Gasteiger partial charge on any atom is -0.376 e. The van der Waals surface area contributed by atoms with Crippen molar-refractivity contribution in [2.24, 2.45) is 0 Å². The Morgan fingerprint density at radius 1 is 1.16 bits per heavy atom. The topological polar surface area (TPSA) is 41.1 Å². The largest absolute Gasteiger partial charge is 0.376 e. The van der Waals surface area contributed by atoms with Crippen LogP contribution < -0.4 is 10.6 Å². The van der Waals surface area contributed by atoms with Crippen LogP contribution in [-0.4, -0.2) is 12.5 Å². The van der Waals surface area contributed by atoms with Crippen LogP contribution in [0.1, 0.15) is 5.56 Å². The fourth-order valence-corrected chi connectivity index (χ4v) is 2.18. The number of anilines is 2. The molecule has 0 unspecified atom stereocenters. The quantitative estimate of drug-likeness (QED) is 0.900. The zero-order chi connectivity index (χ0) is 13.7. The molecule has 0 atom stereocenters. The molecule has 2 N–H and O–H groups in total. The van der Waals surface area contributed by atoms with E-state index in [4.69, 9.17) is 0 Å². The Morgan fingerprint density at radius 3 is 2.58 bits per heavy atom. The van der Waals surface area contributed by atoms with Crippen molar-refractivity contribution in [2.75, 3.05) is 17.2 Å². The van der Waals surface area contributed by atoms with E-state index >= 15 is 0 Å². The van der Waals surface area contributed by atoms with E-state index in [0.717, 1.165) is 21.4 Å². The van der Waals surface area contributed by atoms with E-state index in [2.05, 4.69) is 26.6 Å². The van der Waals surface area contributed by atoms with Gasteiger partial charge in [0.05, 0.1) is 6.54 Å². The third-order valence-corrected chi connectivity index (χ3v) is 3.18. The molecule has 0 saturated carbocycles. The van der Waals surface area contributed by atoms with Gasteiger partial charge >= 0.3 is 0 Å². The van der Waals surface area contributed by atoms with Gasteiger partial charge in [0.15, 0.2) is 0 Å². The van der Waals surface area contributed by atoms with Crippen molar-refractivity contribution >= 4 is 33.2 Å². The Bertz CT molecular complexity index is 570. The van der Waals surface area contributed by atoms with Gasteiger partial charge in [-0.05, 0) is 42.8 Å². The Morgan fingerprint density at radius 2 is 1.89 bits per heavy atom. The van der Waals surface area contributed by atoms with Crippen molar-refractivity contribution in [2.45, 2.75) is 6.92 Å². The number of nitrogens with one attached hydrogen (secondary N) is 2. The van der Waals surface area contributed by atoms with Crippen molar-refractivity contribution in [3.05, 3.63) is 58.6 Å². The molecule has 3 nitrogen and oxygen atoms in total. The first-order chi connectivity index (χ1) is 9.15. The first kappa shape index (κ1) is 13.6. The standard InChI is InChI=1S/C15H15BrN2O/c1-11-9-12(16)7-8-14(11)18-15(19)10-17-13-5-3-2-4-6-13/h2-9,17H,10H2,1H3,(H,18,19). The van der Waals surface area contributed by atoms with Gasteiger partial charge < -0.3 is 10.6 Å². The normalized spacial score (nSPS) is 10.0. The smallest absolute Gasteiger partial charge is 0.243 e. The summed E-state index contributed by atoms with van der Waals surface area (Å²) in [5.74, 6) is -0.0609. The summed E-state index contributed by atoms with van der Waals surface area (Å²) in [5.41, 5.74) is 2.80. The number of para-hydroxylation sites is 1. The summed E-state index contributed by atoms with van der Waals surface area (Å²) in [4.78, 5) is 11.8. The van der Waals surface area contributed by atoms with Crippen LogP contribution in [0.5, 0.6) is 0 Å². The number of rotatable bonds is 4. The van der Waals surface area contributed by atoms with Crippen LogP contribution in [0.4, 0.5) is 11.4 Å². The predicted molar refractivity (Wildman–Crippen MR) is 82.4 cm³/mol. The summed E-state index contributed by atoms with van der Waals surface area (Å²) in [6, 6.07) is 15.4. The van der Waals surface area contributed by atoms with E-state index in [9.17, 15) is 4.79 Å². The van der Waals surface area contributed by atoms with Crippen molar-refractivity contribution < 1.29 is 4.79 Å². The van der Waals surface area contributed by atoms with Gasteiger partial charge in [0.25, 0.3) is 0 Å². The van der Waals surface area contributed by atoms with Gasteiger partial charge in [-0.25, -0.2) is 0 Å². The van der Waals surface area contributed by atoms with E-state index in [0.29, 0.717) is 0 Å². The maximum atomic E-state index is 11.8. The van der Waals surface area contributed by atoms with Gasteiger partial charge in [-0.3, -0.25) is 4.79 Å². The number of halogens is 1. The van der Waals surface area contributed by atoms with Crippen molar-refractivity contribution in [1.82, 2.24) is 0 Å². The van der Waals surface area contributed by atoms with E-state index < -0.39 is 0 Å². The van der Waals surface area contributed by atoms with E-state index in [1.54, 1.807) is 0 Å². The lowest BCUT2D eigenvalue weighted by Crippen LogP contribution is -2.22. The number of hydrogen-bond acceptors (Lipinski definition) is 2. The Hall–Kier alpha value is -1.81. The fourth-order valence-electron chi connectivity index (χ4n) is 1.70. The van der Waals surface area contributed by atoms with Crippen LogP contribution in [0.15, 0.2) is 53.0 Å². The van der Waals surface area contributed by atoms with E-state index in [1.807, 2.05) is 55.5 Å². The summed E-state index contributed by atoms with van der Waals surface area (Å²) in [7, 11) is 0. The Labute approximate surface area is 121 Å². The number of benzene rings is 2. The van der Waals surface area contributed by atoms with Crippen LogP contribution in [0.3, 0.4) is 0 Å². The molecule has 0 aliphatic rings. The first-order valence-electron chi connectivity index (χ1n) is 6.00. The second-order valence-corrected chi connectivity index (χ2v) is 5.14.